The summed E-state index contributed by atoms with van der Waals surface area (Å²) in [6.07, 6.45) is 5.33. The van der Waals surface area contributed by atoms with Crippen molar-refractivity contribution in [2.24, 2.45) is 7.05 Å². The summed E-state index contributed by atoms with van der Waals surface area (Å²) >= 11 is 1.25. The summed E-state index contributed by atoms with van der Waals surface area (Å²) in [6.45, 7) is 1.81. The van der Waals surface area contributed by atoms with Crippen LogP contribution in [0.4, 0.5) is 5.82 Å². The second-order valence-corrected chi connectivity index (χ2v) is 6.78. The molecule has 8 heteroatoms. The topological polar surface area (TPSA) is 85.6 Å². The fraction of sp³-hybridized carbons (Fsp3) is 0.118. The van der Waals surface area contributed by atoms with E-state index in [1.165, 1.54) is 11.3 Å². The molecule has 1 amide bonds. The molecule has 0 aliphatic carbocycles. The van der Waals surface area contributed by atoms with E-state index in [1.54, 1.807) is 12.5 Å². The molecule has 0 spiro atoms. The van der Waals surface area contributed by atoms with Gasteiger partial charge in [0.1, 0.15) is 10.8 Å². The molecule has 0 unspecified atom stereocenters. The van der Waals surface area contributed by atoms with E-state index in [9.17, 15) is 4.79 Å². The van der Waals surface area contributed by atoms with Crippen molar-refractivity contribution in [3.8, 4) is 11.3 Å². The van der Waals surface area contributed by atoms with Crippen molar-refractivity contribution in [2.45, 2.75) is 6.92 Å². The Balaban J connectivity index is 1.67. The normalized spacial score (nSPS) is 11.0. The maximum atomic E-state index is 12.2. The van der Waals surface area contributed by atoms with Gasteiger partial charge in [0.2, 0.25) is 5.01 Å². The molecule has 0 saturated carbocycles. The predicted molar refractivity (Wildman–Crippen MR) is 96.5 cm³/mol. The Morgan fingerprint density at radius 1 is 1.16 bits per heavy atom. The molecule has 0 atom stereocenters. The Kier molecular flexibility index (Phi) is 3.73. The number of nitrogens with one attached hydrogen (secondary N) is 1. The summed E-state index contributed by atoms with van der Waals surface area (Å²) < 4.78 is 1.96. The largest absolute Gasteiger partial charge is 0.334 e. The molecule has 25 heavy (non-hydrogen) atoms. The lowest BCUT2D eigenvalue weighted by molar-refractivity contribution is 0.102. The Labute approximate surface area is 147 Å². The van der Waals surface area contributed by atoms with Crippen LogP contribution in [0.3, 0.4) is 0 Å². The van der Waals surface area contributed by atoms with Crippen LogP contribution in [0.5, 0.6) is 0 Å². The molecule has 1 aromatic carbocycles. The molecule has 124 valence electrons. The van der Waals surface area contributed by atoms with Crippen molar-refractivity contribution in [3.05, 3.63) is 53.0 Å². The number of pyridine rings is 1. The van der Waals surface area contributed by atoms with E-state index < -0.39 is 0 Å². The highest BCUT2D eigenvalue weighted by atomic mass is 32.1. The van der Waals surface area contributed by atoms with Crippen molar-refractivity contribution < 1.29 is 4.79 Å². The summed E-state index contributed by atoms with van der Waals surface area (Å²) in [5.74, 6) is 0.174. The Bertz CT molecular complexity index is 1080. The number of carbonyl (C=O) groups is 1. The minimum atomic E-state index is -0.305. The Morgan fingerprint density at radius 2 is 2.04 bits per heavy atom. The fourth-order valence-electron chi connectivity index (χ4n) is 2.56. The number of aromatic nitrogens is 5. The molecule has 3 aromatic heterocycles. The van der Waals surface area contributed by atoms with Gasteiger partial charge in [-0.25, -0.2) is 9.97 Å². The molecule has 0 radical (unpaired) electrons. The third kappa shape index (κ3) is 2.99. The average Bonchev–Trinajstić information content (AvgIpc) is 3.22. The van der Waals surface area contributed by atoms with Gasteiger partial charge < -0.3 is 9.88 Å². The number of nitrogens with zero attached hydrogens (tertiary/aromatic N) is 5. The standard InChI is InChI=1S/C17H14N6OS/c1-10-21-22-17(25-10)16(24)20-15-6-13-5-11(3-4-12(13)7-19-15)14-8-18-9-23(14)2/h3-9H,1-2H3,(H,19,20,24). The van der Waals surface area contributed by atoms with Gasteiger partial charge in [0.15, 0.2) is 0 Å². The van der Waals surface area contributed by atoms with Gasteiger partial charge in [-0.15, -0.1) is 10.2 Å². The van der Waals surface area contributed by atoms with Crippen molar-refractivity contribution in [3.63, 3.8) is 0 Å². The van der Waals surface area contributed by atoms with Crippen molar-refractivity contribution in [1.29, 1.82) is 0 Å². The Morgan fingerprint density at radius 3 is 2.76 bits per heavy atom. The summed E-state index contributed by atoms with van der Waals surface area (Å²) in [7, 11) is 1.95. The van der Waals surface area contributed by atoms with Crippen LogP contribution in [0.25, 0.3) is 22.0 Å². The van der Waals surface area contributed by atoms with Crippen LogP contribution in [0, 0.1) is 6.92 Å². The number of hydrogen-bond acceptors (Lipinski definition) is 6. The van der Waals surface area contributed by atoms with Crippen molar-refractivity contribution >= 4 is 33.8 Å². The zero-order valence-corrected chi connectivity index (χ0v) is 14.4. The third-order valence-electron chi connectivity index (χ3n) is 3.80. The van der Waals surface area contributed by atoms with Gasteiger partial charge in [-0.05, 0) is 24.4 Å². The number of rotatable bonds is 3. The van der Waals surface area contributed by atoms with E-state index in [0.29, 0.717) is 10.8 Å². The van der Waals surface area contributed by atoms with Crippen LogP contribution in [0.1, 0.15) is 14.8 Å². The zero-order valence-electron chi connectivity index (χ0n) is 13.6. The number of amides is 1. The van der Waals surface area contributed by atoms with E-state index in [0.717, 1.165) is 27.0 Å². The molecule has 0 aliphatic heterocycles. The molecule has 0 saturated heterocycles. The van der Waals surface area contributed by atoms with Crippen molar-refractivity contribution in [2.75, 3.05) is 5.32 Å². The summed E-state index contributed by atoms with van der Waals surface area (Å²) in [6, 6.07) is 7.94. The lowest BCUT2D eigenvalue weighted by Gasteiger charge is -2.07. The second-order valence-electron chi connectivity index (χ2n) is 5.60. The molecule has 7 nitrogen and oxygen atoms in total. The summed E-state index contributed by atoms with van der Waals surface area (Å²) in [5.41, 5.74) is 2.07. The molecule has 1 N–H and O–H groups in total. The molecular weight excluding hydrogens is 336 g/mol. The van der Waals surface area contributed by atoms with Gasteiger partial charge in [-0.3, -0.25) is 4.79 Å². The lowest BCUT2D eigenvalue weighted by atomic mass is 10.1. The van der Waals surface area contributed by atoms with Crippen LogP contribution in [-0.2, 0) is 7.05 Å². The van der Waals surface area contributed by atoms with E-state index in [-0.39, 0.29) is 5.91 Å². The number of carbonyl (C=O) groups excluding carboxylic acids is 1. The highest BCUT2D eigenvalue weighted by Gasteiger charge is 2.12. The van der Waals surface area contributed by atoms with Crippen LogP contribution in [0.15, 0.2) is 43.0 Å². The van der Waals surface area contributed by atoms with Gasteiger partial charge in [-0.1, -0.05) is 23.5 Å². The number of imidazole rings is 1. The second kappa shape index (κ2) is 6.06. The number of fused-ring (bicyclic) bond motifs is 1. The smallest absolute Gasteiger partial charge is 0.287 e. The van der Waals surface area contributed by atoms with Crippen LogP contribution in [0.2, 0.25) is 0 Å². The van der Waals surface area contributed by atoms with Gasteiger partial charge in [0.05, 0.1) is 18.2 Å². The van der Waals surface area contributed by atoms with E-state index in [1.807, 2.05) is 42.9 Å². The number of hydrogen-bond donors (Lipinski definition) is 1. The fourth-order valence-corrected chi connectivity index (χ4v) is 3.15. The first-order valence-corrected chi connectivity index (χ1v) is 8.40. The highest BCUT2D eigenvalue weighted by Crippen LogP contribution is 2.25. The summed E-state index contributed by atoms with van der Waals surface area (Å²) in [4.78, 5) is 20.7. The average molecular weight is 350 g/mol. The maximum absolute atomic E-state index is 12.2. The lowest BCUT2D eigenvalue weighted by Crippen LogP contribution is -2.12. The molecule has 0 aliphatic rings. The van der Waals surface area contributed by atoms with Gasteiger partial charge in [0.25, 0.3) is 5.91 Å². The molecule has 0 fully saturated rings. The Hall–Kier alpha value is -3.13. The highest BCUT2D eigenvalue weighted by molar-refractivity contribution is 7.13. The molecule has 0 bridgehead atoms. The van der Waals surface area contributed by atoms with Gasteiger partial charge in [-0.2, -0.15) is 0 Å². The molecular formula is C17H14N6OS. The number of benzene rings is 1. The van der Waals surface area contributed by atoms with Crippen LogP contribution in [-0.4, -0.2) is 30.6 Å². The van der Waals surface area contributed by atoms with Crippen LogP contribution >= 0.6 is 11.3 Å². The first-order valence-electron chi connectivity index (χ1n) is 7.58. The first-order chi connectivity index (χ1) is 12.1. The minimum absolute atomic E-state index is 0.305. The molecule has 3 heterocycles. The van der Waals surface area contributed by atoms with E-state index in [2.05, 4.69) is 31.5 Å². The SMILES string of the molecule is Cc1nnc(C(=O)Nc2cc3cc(-c4cncn4C)ccc3cn2)s1. The first kappa shape index (κ1) is 15.4. The minimum Gasteiger partial charge on any atom is -0.334 e. The number of anilines is 1. The molecule has 4 rings (SSSR count). The quantitative estimate of drug-likeness (QED) is 0.614. The maximum Gasteiger partial charge on any atom is 0.287 e. The van der Waals surface area contributed by atoms with Gasteiger partial charge >= 0.3 is 0 Å². The third-order valence-corrected chi connectivity index (χ3v) is 4.63. The molecule has 4 aromatic rings. The van der Waals surface area contributed by atoms with Crippen molar-refractivity contribution in [1.82, 2.24) is 24.7 Å². The van der Waals surface area contributed by atoms with E-state index >= 15 is 0 Å². The predicted octanol–water partition coefficient (Wildman–Crippen LogP) is 3.05. The summed E-state index contributed by atoms with van der Waals surface area (Å²) in [5, 5.41) is 13.5. The van der Waals surface area contributed by atoms with Crippen LogP contribution < -0.4 is 5.32 Å². The van der Waals surface area contributed by atoms with Gasteiger partial charge in [0, 0.05) is 24.2 Å². The zero-order chi connectivity index (χ0) is 17.4. The monoisotopic (exact) mass is 350 g/mol. The number of aryl methyl sites for hydroxylation is 2. The van der Waals surface area contributed by atoms with E-state index in [4.69, 9.17) is 0 Å².